The van der Waals surface area contributed by atoms with Crippen LogP contribution in [0.2, 0.25) is 0 Å². The Bertz CT molecular complexity index is 910. The molecular formula is C19H24N2O5S. The minimum absolute atomic E-state index is 0.0692. The lowest BCUT2D eigenvalue weighted by atomic mass is 10.2. The third-order valence-corrected chi connectivity index (χ3v) is 5.71. The van der Waals surface area contributed by atoms with Crippen molar-refractivity contribution in [2.45, 2.75) is 18.2 Å². The number of nitrogens with one attached hydrogen (secondary N) is 1. The number of benzene rings is 2. The maximum absolute atomic E-state index is 12.3. The number of carbonyl (C=O) groups is 1. The molecule has 2 aromatic carbocycles. The largest absolute Gasteiger partial charge is 0.495 e. The van der Waals surface area contributed by atoms with Crippen LogP contribution in [0.4, 0.5) is 5.69 Å². The summed E-state index contributed by atoms with van der Waals surface area (Å²) < 4.78 is 36.5. The molecule has 7 nitrogen and oxygen atoms in total. The number of hydrogen-bond acceptors (Lipinski definition) is 5. The van der Waals surface area contributed by atoms with Gasteiger partial charge in [0.05, 0.1) is 30.7 Å². The van der Waals surface area contributed by atoms with Crippen molar-refractivity contribution in [2.24, 2.45) is 0 Å². The van der Waals surface area contributed by atoms with E-state index < -0.39 is 10.0 Å². The van der Waals surface area contributed by atoms with E-state index in [-0.39, 0.29) is 23.8 Å². The molecular weight excluding hydrogens is 368 g/mol. The summed E-state index contributed by atoms with van der Waals surface area (Å²) in [5.41, 5.74) is 1.28. The summed E-state index contributed by atoms with van der Waals surface area (Å²) >= 11 is 0. The Kier molecular flexibility index (Phi) is 6.81. The molecule has 2 rings (SSSR count). The van der Waals surface area contributed by atoms with E-state index in [1.54, 1.807) is 0 Å². The van der Waals surface area contributed by atoms with E-state index >= 15 is 0 Å². The van der Waals surface area contributed by atoms with Gasteiger partial charge in [0.15, 0.2) is 0 Å². The SMILES string of the molecule is COc1ccc(S(=O)(=O)N(C)C)cc1NC(=O)CCOc1ccccc1C. The molecule has 0 spiro atoms. The normalized spacial score (nSPS) is 11.3. The topological polar surface area (TPSA) is 84.9 Å². The zero-order valence-corrected chi connectivity index (χ0v) is 16.7. The van der Waals surface area contributed by atoms with Gasteiger partial charge < -0.3 is 14.8 Å². The lowest BCUT2D eigenvalue weighted by Crippen LogP contribution is -2.22. The van der Waals surface area contributed by atoms with Gasteiger partial charge in [0.1, 0.15) is 11.5 Å². The van der Waals surface area contributed by atoms with Crippen LogP contribution in [0.25, 0.3) is 0 Å². The third kappa shape index (κ3) is 5.21. The van der Waals surface area contributed by atoms with E-state index in [1.807, 2.05) is 31.2 Å². The molecule has 0 aliphatic rings. The number of para-hydroxylation sites is 1. The van der Waals surface area contributed by atoms with Crippen LogP contribution in [0, 0.1) is 6.92 Å². The van der Waals surface area contributed by atoms with Gasteiger partial charge in [-0.25, -0.2) is 12.7 Å². The molecule has 0 saturated carbocycles. The maximum atomic E-state index is 12.3. The van der Waals surface area contributed by atoms with Gasteiger partial charge in [-0.1, -0.05) is 18.2 Å². The quantitative estimate of drug-likeness (QED) is 0.747. The van der Waals surface area contributed by atoms with Gasteiger partial charge in [-0.05, 0) is 36.8 Å². The predicted molar refractivity (Wildman–Crippen MR) is 104 cm³/mol. The van der Waals surface area contributed by atoms with Crippen LogP contribution in [0.1, 0.15) is 12.0 Å². The minimum Gasteiger partial charge on any atom is -0.495 e. The summed E-state index contributed by atoms with van der Waals surface area (Å²) in [6.45, 7) is 2.13. The fourth-order valence-electron chi connectivity index (χ4n) is 2.34. The van der Waals surface area contributed by atoms with Crippen LogP contribution in [0.15, 0.2) is 47.4 Å². The maximum Gasteiger partial charge on any atom is 0.242 e. The van der Waals surface area contributed by atoms with Crippen LogP contribution >= 0.6 is 0 Å². The number of nitrogens with zero attached hydrogens (tertiary/aromatic N) is 1. The highest BCUT2D eigenvalue weighted by Crippen LogP contribution is 2.28. The summed E-state index contributed by atoms with van der Waals surface area (Å²) in [7, 11) is 0.725. The third-order valence-electron chi connectivity index (χ3n) is 3.90. The van der Waals surface area contributed by atoms with Crippen molar-refractivity contribution >= 4 is 21.6 Å². The number of aryl methyl sites for hydroxylation is 1. The second-order valence-corrected chi connectivity index (χ2v) is 8.21. The first kappa shape index (κ1) is 20.7. The van der Waals surface area contributed by atoms with E-state index in [0.29, 0.717) is 11.4 Å². The van der Waals surface area contributed by atoms with Crippen LogP contribution in [-0.2, 0) is 14.8 Å². The first-order chi connectivity index (χ1) is 12.8. The fourth-order valence-corrected chi connectivity index (χ4v) is 3.27. The molecule has 1 amide bonds. The minimum atomic E-state index is -3.62. The van der Waals surface area contributed by atoms with Crippen molar-refractivity contribution in [1.82, 2.24) is 4.31 Å². The van der Waals surface area contributed by atoms with E-state index in [0.717, 1.165) is 15.6 Å². The number of methoxy groups -OCH3 is 1. The highest BCUT2D eigenvalue weighted by atomic mass is 32.2. The monoisotopic (exact) mass is 392 g/mol. The Hall–Kier alpha value is -2.58. The number of carbonyl (C=O) groups excluding carboxylic acids is 1. The second kappa shape index (κ2) is 8.88. The van der Waals surface area contributed by atoms with Crippen molar-refractivity contribution < 1.29 is 22.7 Å². The van der Waals surface area contributed by atoms with Gasteiger partial charge >= 0.3 is 0 Å². The van der Waals surface area contributed by atoms with Gasteiger partial charge in [-0.3, -0.25) is 4.79 Å². The molecule has 27 heavy (non-hydrogen) atoms. The van der Waals surface area contributed by atoms with E-state index in [4.69, 9.17) is 9.47 Å². The molecule has 0 aliphatic carbocycles. The number of anilines is 1. The molecule has 1 N–H and O–H groups in total. The van der Waals surface area contributed by atoms with Crippen LogP contribution in [-0.4, -0.2) is 46.4 Å². The van der Waals surface area contributed by atoms with Gasteiger partial charge in [0.25, 0.3) is 0 Å². The molecule has 0 heterocycles. The summed E-state index contributed by atoms with van der Waals surface area (Å²) in [6, 6.07) is 11.9. The zero-order valence-electron chi connectivity index (χ0n) is 15.9. The van der Waals surface area contributed by atoms with Gasteiger partial charge in [0.2, 0.25) is 15.9 Å². The standard InChI is InChI=1S/C19H24N2O5S/c1-14-7-5-6-8-17(14)26-12-11-19(22)20-16-13-15(9-10-18(16)25-4)27(23,24)21(2)3/h5-10,13H,11-12H2,1-4H3,(H,20,22). The van der Waals surface area contributed by atoms with Crippen molar-refractivity contribution in [1.29, 1.82) is 0 Å². The van der Waals surface area contributed by atoms with E-state index in [2.05, 4.69) is 5.32 Å². The lowest BCUT2D eigenvalue weighted by molar-refractivity contribution is -0.116. The molecule has 146 valence electrons. The number of sulfonamides is 1. The molecule has 0 bridgehead atoms. The van der Waals surface area contributed by atoms with Gasteiger partial charge in [-0.2, -0.15) is 0 Å². The Morgan fingerprint density at radius 3 is 2.44 bits per heavy atom. The highest BCUT2D eigenvalue weighted by Gasteiger charge is 2.19. The summed E-state index contributed by atoms with van der Waals surface area (Å²) in [5, 5.41) is 2.69. The molecule has 0 aliphatic heterocycles. The zero-order chi connectivity index (χ0) is 20.0. The first-order valence-electron chi connectivity index (χ1n) is 8.34. The highest BCUT2D eigenvalue weighted by molar-refractivity contribution is 7.89. The average Bonchev–Trinajstić information content (AvgIpc) is 2.63. The number of rotatable bonds is 8. The van der Waals surface area contributed by atoms with Crippen molar-refractivity contribution in [2.75, 3.05) is 33.1 Å². The lowest BCUT2D eigenvalue weighted by Gasteiger charge is -2.15. The van der Waals surface area contributed by atoms with Gasteiger partial charge in [-0.15, -0.1) is 0 Å². The number of hydrogen-bond donors (Lipinski definition) is 1. The van der Waals surface area contributed by atoms with Crippen molar-refractivity contribution in [3.05, 3.63) is 48.0 Å². The molecule has 0 fully saturated rings. The van der Waals surface area contributed by atoms with E-state index in [9.17, 15) is 13.2 Å². The Labute approximate surface area is 160 Å². The van der Waals surface area contributed by atoms with Crippen LogP contribution < -0.4 is 14.8 Å². The Balaban J connectivity index is 2.06. The fraction of sp³-hybridized carbons (Fsp3) is 0.316. The average molecular weight is 392 g/mol. The summed E-state index contributed by atoms with van der Waals surface area (Å²) in [5.74, 6) is 0.795. The second-order valence-electron chi connectivity index (χ2n) is 6.06. The molecule has 0 unspecified atom stereocenters. The smallest absolute Gasteiger partial charge is 0.242 e. The molecule has 0 saturated heterocycles. The van der Waals surface area contributed by atoms with Gasteiger partial charge in [0, 0.05) is 14.1 Å². The summed E-state index contributed by atoms with van der Waals surface area (Å²) in [4.78, 5) is 12.3. The van der Waals surface area contributed by atoms with Crippen LogP contribution in [0.5, 0.6) is 11.5 Å². The molecule has 0 aromatic heterocycles. The number of amides is 1. The van der Waals surface area contributed by atoms with Crippen molar-refractivity contribution in [3.8, 4) is 11.5 Å². The predicted octanol–water partition coefficient (Wildman–Crippen LogP) is 2.66. The van der Waals surface area contributed by atoms with Crippen LogP contribution in [0.3, 0.4) is 0 Å². The molecule has 2 aromatic rings. The summed E-state index contributed by atoms with van der Waals surface area (Å²) in [6.07, 6.45) is 0.113. The van der Waals surface area contributed by atoms with E-state index in [1.165, 1.54) is 39.4 Å². The molecule has 0 radical (unpaired) electrons. The Morgan fingerprint density at radius 2 is 1.81 bits per heavy atom. The first-order valence-corrected chi connectivity index (χ1v) is 9.78. The molecule has 0 atom stereocenters. The number of ether oxygens (including phenoxy) is 2. The Morgan fingerprint density at radius 1 is 1.11 bits per heavy atom. The van der Waals surface area contributed by atoms with Crippen molar-refractivity contribution in [3.63, 3.8) is 0 Å². The molecule has 8 heteroatoms.